The second kappa shape index (κ2) is 9.65. The molecule has 4 rings (SSSR count). The number of rotatable bonds is 5. The predicted molar refractivity (Wildman–Crippen MR) is 128 cm³/mol. The summed E-state index contributed by atoms with van der Waals surface area (Å²) in [7, 11) is 1.61. The summed E-state index contributed by atoms with van der Waals surface area (Å²) in [6, 6.07) is 7.16. The summed E-state index contributed by atoms with van der Waals surface area (Å²) in [6.45, 7) is 8.17. The number of hydrogen-bond acceptors (Lipinski definition) is 4. The summed E-state index contributed by atoms with van der Waals surface area (Å²) >= 11 is 0. The molecule has 33 heavy (non-hydrogen) atoms. The fourth-order valence-electron chi connectivity index (χ4n) is 6.90. The van der Waals surface area contributed by atoms with E-state index in [1.807, 2.05) is 11.8 Å². The first-order valence-corrected chi connectivity index (χ1v) is 12.7. The van der Waals surface area contributed by atoms with E-state index in [0.29, 0.717) is 5.56 Å². The Morgan fingerprint density at radius 1 is 1.15 bits per heavy atom. The fraction of sp³-hybridized carbons (Fsp3) is 0.704. The first-order valence-electron chi connectivity index (χ1n) is 12.7. The molecule has 2 saturated carbocycles. The zero-order chi connectivity index (χ0) is 23.8. The molecule has 1 aliphatic heterocycles. The molecule has 1 aromatic carbocycles. The molecule has 6 heteroatoms. The number of aliphatic hydroxyl groups excluding tert-OH is 1. The summed E-state index contributed by atoms with van der Waals surface area (Å²) < 4.78 is 5.19. The Kier molecular flexibility index (Phi) is 7.04. The zero-order valence-corrected chi connectivity index (χ0v) is 20.5. The van der Waals surface area contributed by atoms with Gasteiger partial charge in [0, 0.05) is 30.6 Å². The van der Waals surface area contributed by atoms with Crippen LogP contribution < -0.4 is 10.1 Å². The molecule has 2 N–H and O–H groups in total. The lowest BCUT2D eigenvalue weighted by molar-refractivity contribution is -0.149. The number of amides is 2. The molecule has 2 amide bonds. The van der Waals surface area contributed by atoms with Crippen molar-refractivity contribution >= 4 is 11.8 Å². The van der Waals surface area contributed by atoms with Gasteiger partial charge < -0.3 is 20.1 Å². The Morgan fingerprint density at radius 2 is 1.79 bits per heavy atom. The maximum absolute atomic E-state index is 13.1. The minimum atomic E-state index is -0.527. The molecule has 0 aromatic heterocycles. The summed E-state index contributed by atoms with van der Waals surface area (Å²) in [5.41, 5.74) is 0.663. The smallest absolute Gasteiger partial charge is 0.251 e. The normalized spacial score (nSPS) is 34.9. The molecule has 7 atom stereocenters. The van der Waals surface area contributed by atoms with Gasteiger partial charge >= 0.3 is 0 Å². The van der Waals surface area contributed by atoms with E-state index in [1.54, 1.807) is 31.4 Å². The molecule has 0 radical (unpaired) electrons. The van der Waals surface area contributed by atoms with Gasteiger partial charge in [0.2, 0.25) is 5.91 Å². The van der Waals surface area contributed by atoms with Crippen molar-refractivity contribution in [2.45, 2.75) is 71.4 Å². The van der Waals surface area contributed by atoms with Crippen molar-refractivity contribution in [3.8, 4) is 5.75 Å². The van der Waals surface area contributed by atoms with Gasteiger partial charge in [0.05, 0.1) is 13.2 Å². The van der Waals surface area contributed by atoms with Gasteiger partial charge in [0.1, 0.15) is 5.75 Å². The van der Waals surface area contributed by atoms with Crippen LogP contribution >= 0.6 is 0 Å². The monoisotopic (exact) mass is 456 g/mol. The Balaban J connectivity index is 1.46. The number of carbonyl (C=O) groups excluding carboxylic acids is 2. The first-order chi connectivity index (χ1) is 15.7. The van der Waals surface area contributed by atoms with Crippen LogP contribution in [0.25, 0.3) is 0 Å². The molecule has 0 spiro atoms. The number of likely N-dealkylation sites (tertiary alicyclic amines) is 1. The van der Waals surface area contributed by atoms with Gasteiger partial charge in [-0.3, -0.25) is 9.59 Å². The van der Waals surface area contributed by atoms with Crippen molar-refractivity contribution in [1.29, 1.82) is 0 Å². The van der Waals surface area contributed by atoms with Crippen molar-refractivity contribution < 1.29 is 19.4 Å². The summed E-state index contributed by atoms with van der Waals surface area (Å²) in [6.07, 6.45) is 5.45. The Labute approximate surface area is 198 Å². The van der Waals surface area contributed by atoms with E-state index in [4.69, 9.17) is 4.74 Å². The maximum Gasteiger partial charge on any atom is 0.251 e. The van der Waals surface area contributed by atoms with Crippen LogP contribution in [-0.4, -0.2) is 54.2 Å². The van der Waals surface area contributed by atoms with Gasteiger partial charge in [-0.15, -0.1) is 0 Å². The number of ether oxygens (including phenoxy) is 1. The Hall–Kier alpha value is -2.08. The molecule has 182 valence electrons. The van der Waals surface area contributed by atoms with E-state index in [0.717, 1.165) is 57.4 Å². The number of nitrogens with zero attached hydrogens (tertiary/aromatic N) is 1. The van der Waals surface area contributed by atoms with E-state index in [-0.39, 0.29) is 46.9 Å². The molecule has 1 heterocycles. The van der Waals surface area contributed by atoms with Crippen molar-refractivity contribution in [2.75, 3.05) is 20.2 Å². The average molecular weight is 457 g/mol. The summed E-state index contributed by atoms with van der Waals surface area (Å²) in [4.78, 5) is 28.0. The van der Waals surface area contributed by atoms with Crippen LogP contribution in [0.1, 0.15) is 69.7 Å². The molecule has 1 aromatic rings. The van der Waals surface area contributed by atoms with Crippen molar-refractivity contribution in [3.05, 3.63) is 29.8 Å². The number of nitrogens with one attached hydrogen (secondary N) is 1. The van der Waals surface area contributed by atoms with Crippen LogP contribution in [0.3, 0.4) is 0 Å². The van der Waals surface area contributed by atoms with Gasteiger partial charge in [-0.1, -0.05) is 20.8 Å². The minimum Gasteiger partial charge on any atom is -0.497 e. The third-order valence-corrected chi connectivity index (χ3v) is 9.01. The topological polar surface area (TPSA) is 78.9 Å². The highest BCUT2D eigenvalue weighted by Crippen LogP contribution is 2.55. The minimum absolute atomic E-state index is 0.00988. The van der Waals surface area contributed by atoms with Crippen LogP contribution in [0.4, 0.5) is 0 Å². The molecule has 1 saturated heterocycles. The Bertz CT molecular complexity index is 850. The highest BCUT2D eigenvalue weighted by atomic mass is 16.5. The average Bonchev–Trinajstić information content (AvgIpc) is 3.35. The van der Waals surface area contributed by atoms with Crippen molar-refractivity contribution in [1.82, 2.24) is 10.2 Å². The fourth-order valence-corrected chi connectivity index (χ4v) is 6.90. The number of carbonyl (C=O) groups is 2. The Morgan fingerprint density at radius 3 is 2.42 bits per heavy atom. The quantitative estimate of drug-likeness (QED) is 0.705. The zero-order valence-electron chi connectivity index (χ0n) is 20.5. The number of methoxy groups -OCH3 is 1. The number of aliphatic hydroxyl groups is 1. The summed E-state index contributed by atoms with van der Waals surface area (Å²) in [5.74, 6) is 0.865. The molecular weight excluding hydrogens is 416 g/mol. The second-order valence-electron chi connectivity index (χ2n) is 10.9. The molecule has 0 bridgehead atoms. The molecular formula is C27H40N2O4. The maximum atomic E-state index is 13.1. The van der Waals surface area contributed by atoms with E-state index in [1.165, 1.54) is 0 Å². The third kappa shape index (κ3) is 4.64. The highest BCUT2D eigenvalue weighted by Gasteiger charge is 2.54. The van der Waals surface area contributed by atoms with Crippen LogP contribution in [0.15, 0.2) is 24.3 Å². The molecule has 6 nitrogen and oxygen atoms in total. The van der Waals surface area contributed by atoms with Gasteiger partial charge in [0.25, 0.3) is 5.91 Å². The third-order valence-electron chi connectivity index (χ3n) is 9.01. The SMILES string of the molecule is COc1ccc(C(=O)N[C@H]2CC[C@@]3(C)CC[C@@H]([C@H](C)C(=O)N4CCCC4)[C@H](O)[C@H]3[C@H]2C)cc1. The van der Waals surface area contributed by atoms with E-state index in [2.05, 4.69) is 19.2 Å². The lowest BCUT2D eigenvalue weighted by Crippen LogP contribution is -2.58. The van der Waals surface area contributed by atoms with Gasteiger partial charge in [-0.05, 0) is 86.0 Å². The van der Waals surface area contributed by atoms with Crippen LogP contribution in [0.2, 0.25) is 0 Å². The highest BCUT2D eigenvalue weighted by molar-refractivity contribution is 5.94. The number of fused-ring (bicyclic) bond motifs is 1. The van der Waals surface area contributed by atoms with Crippen LogP contribution in [-0.2, 0) is 4.79 Å². The second-order valence-corrected chi connectivity index (χ2v) is 10.9. The van der Waals surface area contributed by atoms with E-state index >= 15 is 0 Å². The van der Waals surface area contributed by atoms with Gasteiger partial charge in [0.15, 0.2) is 0 Å². The van der Waals surface area contributed by atoms with E-state index in [9.17, 15) is 14.7 Å². The lowest BCUT2D eigenvalue weighted by Gasteiger charge is -2.56. The predicted octanol–water partition coefficient (Wildman–Crippen LogP) is 3.88. The largest absolute Gasteiger partial charge is 0.497 e. The van der Waals surface area contributed by atoms with Gasteiger partial charge in [-0.2, -0.15) is 0 Å². The van der Waals surface area contributed by atoms with Crippen LogP contribution in [0, 0.1) is 29.1 Å². The first kappa shape index (κ1) is 24.1. The van der Waals surface area contributed by atoms with Crippen molar-refractivity contribution in [3.63, 3.8) is 0 Å². The molecule has 3 fully saturated rings. The summed E-state index contributed by atoms with van der Waals surface area (Å²) in [5, 5.41) is 14.8. The molecule has 3 aliphatic rings. The number of benzene rings is 1. The van der Waals surface area contributed by atoms with Crippen LogP contribution in [0.5, 0.6) is 5.75 Å². The van der Waals surface area contributed by atoms with Gasteiger partial charge in [-0.25, -0.2) is 0 Å². The number of hydrogen-bond donors (Lipinski definition) is 2. The van der Waals surface area contributed by atoms with Crippen molar-refractivity contribution in [2.24, 2.45) is 29.1 Å². The molecule has 0 unspecified atom stereocenters. The lowest BCUT2D eigenvalue weighted by atomic mass is 9.51. The molecule has 2 aliphatic carbocycles. The van der Waals surface area contributed by atoms with E-state index < -0.39 is 6.10 Å². The standard InChI is InChI=1S/C27H40N2O4/c1-17(26(32)29-15-5-6-16-29)21-11-13-27(3)14-12-22(18(2)23(27)24(21)30)28-25(31)19-7-9-20(33-4)10-8-19/h7-10,17-18,21-24,30H,5-6,11-16H2,1-4H3,(H,28,31)/t17-,18-,21-,22-,23+,24-,27+/m0/s1.